The van der Waals surface area contributed by atoms with E-state index in [4.69, 9.17) is 10.5 Å². The molecule has 0 unspecified atom stereocenters. The van der Waals surface area contributed by atoms with Crippen LogP contribution in [0.5, 0.6) is 5.75 Å². The van der Waals surface area contributed by atoms with Crippen LogP contribution in [0.4, 0.5) is 11.4 Å². The van der Waals surface area contributed by atoms with Gasteiger partial charge in [0.05, 0.1) is 12.3 Å². The lowest BCUT2D eigenvalue weighted by atomic mass is 10.2. The first-order valence-electron chi connectivity index (χ1n) is 7.66. The van der Waals surface area contributed by atoms with E-state index in [2.05, 4.69) is 35.9 Å². The fraction of sp³-hybridized carbons (Fsp3) is 0.625. The van der Waals surface area contributed by atoms with Gasteiger partial charge in [0.2, 0.25) is 0 Å². The third-order valence-corrected chi connectivity index (χ3v) is 3.85. The number of hydrogen-bond donors (Lipinski definition) is 1. The fourth-order valence-corrected chi connectivity index (χ4v) is 2.52. The van der Waals surface area contributed by atoms with E-state index >= 15 is 0 Å². The number of nitrogen functional groups attached to an aromatic ring is 1. The molecule has 0 saturated carbocycles. The van der Waals surface area contributed by atoms with Crippen LogP contribution < -0.4 is 15.4 Å². The molecule has 1 fully saturated rings. The molecule has 0 aromatic heterocycles. The highest BCUT2D eigenvalue weighted by Crippen LogP contribution is 2.27. The zero-order chi connectivity index (χ0) is 14.4. The molecule has 112 valence electrons. The zero-order valence-corrected chi connectivity index (χ0v) is 12.8. The van der Waals surface area contributed by atoms with E-state index in [1.807, 2.05) is 6.07 Å². The van der Waals surface area contributed by atoms with Gasteiger partial charge in [0.15, 0.2) is 0 Å². The molecular weight excluding hydrogens is 250 g/mol. The molecule has 1 aliphatic heterocycles. The topological polar surface area (TPSA) is 41.7 Å². The summed E-state index contributed by atoms with van der Waals surface area (Å²) in [6.45, 7) is 7.48. The second-order valence-electron chi connectivity index (χ2n) is 5.54. The van der Waals surface area contributed by atoms with Gasteiger partial charge in [-0.05, 0) is 44.5 Å². The zero-order valence-electron chi connectivity index (χ0n) is 12.8. The maximum absolute atomic E-state index is 5.95. The lowest BCUT2D eigenvalue weighted by Gasteiger charge is -2.24. The fourth-order valence-electron chi connectivity index (χ4n) is 2.52. The van der Waals surface area contributed by atoms with Crippen LogP contribution in [0.2, 0.25) is 0 Å². The lowest BCUT2D eigenvalue weighted by Crippen LogP contribution is -2.31. The molecule has 0 radical (unpaired) electrons. The van der Waals surface area contributed by atoms with Crippen LogP contribution >= 0.6 is 0 Å². The molecule has 1 aromatic carbocycles. The molecule has 2 N–H and O–H groups in total. The summed E-state index contributed by atoms with van der Waals surface area (Å²) in [5.74, 6) is 0.803. The Kier molecular flexibility index (Phi) is 5.53. The van der Waals surface area contributed by atoms with Crippen molar-refractivity contribution in [1.82, 2.24) is 4.90 Å². The average molecular weight is 277 g/mol. The molecule has 0 amide bonds. The quantitative estimate of drug-likeness (QED) is 0.778. The second kappa shape index (κ2) is 7.39. The van der Waals surface area contributed by atoms with Gasteiger partial charge in [-0.25, -0.2) is 0 Å². The highest BCUT2D eigenvalue weighted by molar-refractivity contribution is 5.62. The SMILES string of the molecule is CCCOc1cc(N(C)CCN2CCCC2)ccc1N. The monoisotopic (exact) mass is 277 g/mol. The summed E-state index contributed by atoms with van der Waals surface area (Å²) in [5.41, 5.74) is 7.84. The summed E-state index contributed by atoms with van der Waals surface area (Å²) in [5, 5.41) is 0. The summed E-state index contributed by atoms with van der Waals surface area (Å²) in [6, 6.07) is 6.06. The molecule has 0 aliphatic carbocycles. The van der Waals surface area contributed by atoms with Gasteiger partial charge in [0, 0.05) is 31.9 Å². The number of anilines is 2. The third-order valence-electron chi connectivity index (χ3n) is 3.85. The van der Waals surface area contributed by atoms with Crippen LogP contribution in [0.3, 0.4) is 0 Å². The Balaban J connectivity index is 1.92. The maximum Gasteiger partial charge on any atom is 0.144 e. The maximum atomic E-state index is 5.95. The van der Waals surface area contributed by atoms with Crippen LogP contribution in [0.1, 0.15) is 26.2 Å². The first-order chi connectivity index (χ1) is 9.70. The van der Waals surface area contributed by atoms with Gasteiger partial charge in [-0.2, -0.15) is 0 Å². The van der Waals surface area contributed by atoms with Gasteiger partial charge >= 0.3 is 0 Å². The number of ether oxygens (including phenoxy) is 1. The molecule has 1 aliphatic rings. The van der Waals surface area contributed by atoms with Gasteiger partial charge < -0.3 is 20.3 Å². The normalized spacial score (nSPS) is 15.5. The van der Waals surface area contributed by atoms with Crippen LogP contribution in [-0.2, 0) is 0 Å². The summed E-state index contributed by atoms with van der Waals surface area (Å²) < 4.78 is 5.69. The van der Waals surface area contributed by atoms with E-state index in [-0.39, 0.29) is 0 Å². The predicted octanol–water partition coefficient (Wildman–Crippen LogP) is 2.59. The lowest BCUT2D eigenvalue weighted by molar-refractivity contribution is 0.319. The van der Waals surface area contributed by atoms with Crippen molar-refractivity contribution < 1.29 is 4.74 Å². The summed E-state index contributed by atoms with van der Waals surface area (Å²) in [7, 11) is 2.13. The van der Waals surface area contributed by atoms with E-state index < -0.39 is 0 Å². The molecule has 1 aromatic rings. The number of likely N-dealkylation sites (N-methyl/N-ethyl adjacent to an activating group) is 1. The van der Waals surface area contributed by atoms with Crippen molar-refractivity contribution in [3.05, 3.63) is 18.2 Å². The summed E-state index contributed by atoms with van der Waals surface area (Å²) >= 11 is 0. The standard InChI is InChI=1S/C16H27N3O/c1-3-12-20-16-13-14(6-7-15(16)17)18(2)10-11-19-8-4-5-9-19/h6-7,13H,3-5,8-12,17H2,1-2H3. The highest BCUT2D eigenvalue weighted by Gasteiger charge is 2.12. The van der Waals surface area contributed by atoms with Crippen LogP contribution in [0.15, 0.2) is 18.2 Å². The minimum atomic E-state index is 0.713. The van der Waals surface area contributed by atoms with Crippen molar-refractivity contribution >= 4 is 11.4 Å². The Labute approximate surface area is 122 Å². The molecular formula is C16H27N3O. The molecule has 2 rings (SSSR count). The van der Waals surface area contributed by atoms with Crippen molar-refractivity contribution in [3.8, 4) is 5.75 Å². The molecule has 0 spiro atoms. The van der Waals surface area contributed by atoms with E-state index in [0.29, 0.717) is 6.61 Å². The largest absolute Gasteiger partial charge is 0.491 e. The molecule has 20 heavy (non-hydrogen) atoms. The molecule has 1 heterocycles. The summed E-state index contributed by atoms with van der Waals surface area (Å²) in [4.78, 5) is 4.80. The Bertz CT molecular complexity index is 416. The number of nitrogens with zero attached hydrogens (tertiary/aromatic N) is 2. The number of likely N-dealkylation sites (tertiary alicyclic amines) is 1. The molecule has 0 bridgehead atoms. The molecule has 0 atom stereocenters. The minimum Gasteiger partial charge on any atom is -0.491 e. The Morgan fingerprint density at radius 3 is 2.75 bits per heavy atom. The molecule has 4 heteroatoms. The number of rotatable bonds is 7. The minimum absolute atomic E-state index is 0.713. The third kappa shape index (κ3) is 4.04. The van der Waals surface area contributed by atoms with Crippen molar-refractivity contribution in [3.63, 3.8) is 0 Å². The highest BCUT2D eigenvalue weighted by atomic mass is 16.5. The van der Waals surface area contributed by atoms with E-state index in [9.17, 15) is 0 Å². The Morgan fingerprint density at radius 1 is 1.30 bits per heavy atom. The van der Waals surface area contributed by atoms with Crippen molar-refractivity contribution in [2.45, 2.75) is 26.2 Å². The first kappa shape index (κ1) is 15.0. The van der Waals surface area contributed by atoms with Gasteiger partial charge in [0.1, 0.15) is 5.75 Å². The first-order valence-corrected chi connectivity index (χ1v) is 7.66. The van der Waals surface area contributed by atoms with Crippen LogP contribution in [0.25, 0.3) is 0 Å². The van der Waals surface area contributed by atoms with E-state index in [1.165, 1.54) is 31.6 Å². The van der Waals surface area contributed by atoms with Gasteiger partial charge in [0.25, 0.3) is 0 Å². The average Bonchev–Trinajstić information content (AvgIpc) is 2.97. The van der Waals surface area contributed by atoms with Crippen molar-refractivity contribution in [2.75, 3.05) is 50.5 Å². The Hall–Kier alpha value is -1.42. The van der Waals surface area contributed by atoms with Crippen molar-refractivity contribution in [2.24, 2.45) is 0 Å². The molecule has 4 nitrogen and oxygen atoms in total. The number of benzene rings is 1. The van der Waals surface area contributed by atoms with E-state index in [0.717, 1.165) is 30.9 Å². The number of nitrogens with two attached hydrogens (primary N) is 1. The predicted molar refractivity (Wildman–Crippen MR) is 85.6 cm³/mol. The second-order valence-corrected chi connectivity index (χ2v) is 5.54. The van der Waals surface area contributed by atoms with Gasteiger partial charge in [-0.1, -0.05) is 6.92 Å². The van der Waals surface area contributed by atoms with Crippen LogP contribution in [0, 0.1) is 0 Å². The van der Waals surface area contributed by atoms with Gasteiger partial charge in [-0.3, -0.25) is 0 Å². The van der Waals surface area contributed by atoms with Crippen LogP contribution in [-0.4, -0.2) is 44.7 Å². The smallest absolute Gasteiger partial charge is 0.144 e. The molecule has 1 saturated heterocycles. The van der Waals surface area contributed by atoms with Gasteiger partial charge in [-0.15, -0.1) is 0 Å². The Morgan fingerprint density at radius 2 is 2.05 bits per heavy atom. The van der Waals surface area contributed by atoms with E-state index in [1.54, 1.807) is 0 Å². The summed E-state index contributed by atoms with van der Waals surface area (Å²) in [6.07, 6.45) is 3.69. The van der Waals surface area contributed by atoms with Crippen molar-refractivity contribution in [1.29, 1.82) is 0 Å². The number of hydrogen-bond acceptors (Lipinski definition) is 4.